The summed E-state index contributed by atoms with van der Waals surface area (Å²) in [5.74, 6) is 0.206. The van der Waals surface area contributed by atoms with E-state index in [1.165, 1.54) is 12.0 Å². The van der Waals surface area contributed by atoms with Gasteiger partial charge in [0.15, 0.2) is 0 Å². The lowest BCUT2D eigenvalue weighted by atomic mass is 9.79. The van der Waals surface area contributed by atoms with Gasteiger partial charge in [0.05, 0.1) is 12.0 Å². The normalized spacial score (nSPS) is 24.3. The van der Waals surface area contributed by atoms with Crippen molar-refractivity contribution < 1.29 is 0 Å². The Balaban J connectivity index is 1.94. The predicted octanol–water partition coefficient (Wildman–Crippen LogP) is 4.02. The van der Waals surface area contributed by atoms with Crippen molar-refractivity contribution in [3.63, 3.8) is 0 Å². The van der Waals surface area contributed by atoms with E-state index in [0.717, 1.165) is 19.3 Å². The SMILES string of the molecule is CC(CC(C)(C)c1ccccc1)NC1CCCC1C#N. The smallest absolute Gasteiger partial charge is 0.0672 e. The van der Waals surface area contributed by atoms with Gasteiger partial charge >= 0.3 is 0 Å². The molecule has 2 nitrogen and oxygen atoms in total. The van der Waals surface area contributed by atoms with Gasteiger partial charge in [-0.2, -0.15) is 5.26 Å². The van der Waals surface area contributed by atoms with Crippen LogP contribution in [0.2, 0.25) is 0 Å². The van der Waals surface area contributed by atoms with E-state index < -0.39 is 0 Å². The Hall–Kier alpha value is -1.33. The lowest BCUT2D eigenvalue weighted by Gasteiger charge is -2.31. The fourth-order valence-corrected chi connectivity index (χ4v) is 3.51. The fraction of sp³-hybridized carbons (Fsp3) is 0.611. The van der Waals surface area contributed by atoms with E-state index in [-0.39, 0.29) is 11.3 Å². The molecule has 20 heavy (non-hydrogen) atoms. The molecular formula is C18H26N2. The van der Waals surface area contributed by atoms with Crippen molar-refractivity contribution in [3.05, 3.63) is 35.9 Å². The molecule has 0 saturated heterocycles. The third kappa shape index (κ3) is 3.61. The molecule has 2 heteroatoms. The molecule has 1 saturated carbocycles. The first-order valence-electron chi connectivity index (χ1n) is 7.74. The summed E-state index contributed by atoms with van der Waals surface area (Å²) in [5.41, 5.74) is 1.55. The van der Waals surface area contributed by atoms with Crippen LogP contribution in [-0.2, 0) is 5.41 Å². The van der Waals surface area contributed by atoms with Crippen molar-refractivity contribution in [2.45, 2.75) is 64.0 Å². The van der Waals surface area contributed by atoms with Crippen LogP contribution < -0.4 is 5.32 Å². The van der Waals surface area contributed by atoms with Crippen LogP contribution in [0.25, 0.3) is 0 Å². The summed E-state index contributed by atoms with van der Waals surface area (Å²) in [6.07, 6.45) is 4.48. The zero-order chi connectivity index (χ0) is 14.6. The van der Waals surface area contributed by atoms with Crippen LogP contribution in [0, 0.1) is 17.2 Å². The predicted molar refractivity (Wildman–Crippen MR) is 83.4 cm³/mol. The maximum atomic E-state index is 9.17. The first-order valence-corrected chi connectivity index (χ1v) is 7.74. The van der Waals surface area contributed by atoms with Gasteiger partial charge in [-0.05, 0) is 37.2 Å². The summed E-state index contributed by atoms with van der Waals surface area (Å²) in [5, 5.41) is 12.9. The number of nitrogens with one attached hydrogen (secondary N) is 1. The summed E-state index contributed by atoms with van der Waals surface area (Å²) < 4.78 is 0. The Morgan fingerprint density at radius 2 is 2.00 bits per heavy atom. The summed E-state index contributed by atoms with van der Waals surface area (Å²) in [7, 11) is 0. The number of hydrogen-bond donors (Lipinski definition) is 1. The third-order valence-corrected chi connectivity index (χ3v) is 4.55. The Morgan fingerprint density at radius 3 is 2.65 bits per heavy atom. The fourth-order valence-electron chi connectivity index (χ4n) is 3.51. The largest absolute Gasteiger partial charge is 0.310 e. The highest BCUT2D eigenvalue weighted by atomic mass is 15.0. The van der Waals surface area contributed by atoms with Gasteiger partial charge in [0, 0.05) is 12.1 Å². The van der Waals surface area contributed by atoms with Gasteiger partial charge in [0.25, 0.3) is 0 Å². The van der Waals surface area contributed by atoms with Crippen molar-refractivity contribution in [1.82, 2.24) is 5.32 Å². The Morgan fingerprint density at radius 1 is 1.30 bits per heavy atom. The molecule has 0 heterocycles. The van der Waals surface area contributed by atoms with Gasteiger partial charge in [-0.25, -0.2) is 0 Å². The Kier molecular flexibility index (Phi) is 4.83. The van der Waals surface area contributed by atoms with Gasteiger partial charge in [0.1, 0.15) is 0 Å². The van der Waals surface area contributed by atoms with E-state index in [1.807, 2.05) is 0 Å². The van der Waals surface area contributed by atoms with Gasteiger partial charge in [0.2, 0.25) is 0 Å². The minimum atomic E-state index is 0.161. The van der Waals surface area contributed by atoms with Gasteiger partial charge < -0.3 is 5.32 Å². The van der Waals surface area contributed by atoms with Crippen molar-refractivity contribution in [2.75, 3.05) is 0 Å². The number of nitriles is 1. The molecule has 108 valence electrons. The Bertz CT molecular complexity index is 458. The maximum absolute atomic E-state index is 9.17. The van der Waals surface area contributed by atoms with Gasteiger partial charge in [-0.3, -0.25) is 0 Å². The molecule has 1 fully saturated rings. The molecule has 0 spiro atoms. The highest BCUT2D eigenvalue weighted by molar-refractivity contribution is 5.23. The molecule has 1 aromatic carbocycles. The van der Waals surface area contributed by atoms with Crippen LogP contribution in [0.15, 0.2) is 30.3 Å². The second-order valence-corrected chi connectivity index (χ2v) is 6.79. The van der Waals surface area contributed by atoms with Crippen molar-refractivity contribution >= 4 is 0 Å². The lowest BCUT2D eigenvalue weighted by molar-refractivity contribution is 0.340. The van der Waals surface area contributed by atoms with E-state index in [0.29, 0.717) is 12.1 Å². The first kappa shape index (κ1) is 15.1. The molecular weight excluding hydrogens is 244 g/mol. The van der Waals surface area contributed by atoms with Crippen LogP contribution in [0.4, 0.5) is 0 Å². The van der Waals surface area contributed by atoms with Crippen LogP contribution in [0.5, 0.6) is 0 Å². The van der Waals surface area contributed by atoms with Gasteiger partial charge in [-0.1, -0.05) is 50.6 Å². The van der Waals surface area contributed by atoms with E-state index in [1.54, 1.807) is 0 Å². The van der Waals surface area contributed by atoms with Crippen molar-refractivity contribution in [3.8, 4) is 6.07 Å². The maximum Gasteiger partial charge on any atom is 0.0672 e. The molecule has 1 aromatic rings. The van der Waals surface area contributed by atoms with Crippen molar-refractivity contribution in [2.24, 2.45) is 5.92 Å². The highest BCUT2D eigenvalue weighted by Gasteiger charge is 2.30. The molecule has 2 rings (SSSR count). The number of hydrogen-bond acceptors (Lipinski definition) is 2. The van der Waals surface area contributed by atoms with Crippen LogP contribution in [0.3, 0.4) is 0 Å². The van der Waals surface area contributed by atoms with Crippen LogP contribution in [-0.4, -0.2) is 12.1 Å². The minimum Gasteiger partial charge on any atom is -0.310 e. The van der Waals surface area contributed by atoms with E-state index in [4.69, 9.17) is 5.26 Å². The van der Waals surface area contributed by atoms with E-state index in [9.17, 15) is 0 Å². The summed E-state index contributed by atoms with van der Waals surface area (Å²) >= 11 is 0. The monoisotopic (exact) mass is 270 g/mol. The first-order chi connectivity index (χ1) is 9.53. The molecule has 1 N–H and O–H groups in total. The standard InChI is InChI=1S/C18H26N2/c1-14(20-17-11-7-8-15(17)13-19)12-18(2,3)16-9-5-4-6-10-16/h4-6,9-10,14-15,17,20H,7-8,11-12H2,1-3H3. The summed E-state index contributed by atoms with van der Waals surface area (Å²) in [4.78, 5) is 0. The molecule has 0 bridgehead atoms. The number of nitrogens with zero attached hydrogens (tertiary/aromatic N) is 1. The lowest BCUT2D eigenvalue weighted by Crippen LogP contribution is -2.41. The number of benzene rings is 1. The van der Waals surface area contributed by atoms with E-state index in [2.05, 4.69) is 62.5 Å². The second kappa shape index (κ2) is 6.41. The quantitative estimate of drug-likeness (QED) is 0.877. The minimum absolute atomic E-state index is 0.161. The van der Waals surface area contributed by atoms with Crippen molar-refractivity contribution in [1.29, 1.82) is 5.26 Å². The molecule has 3 unspecified atom stereocenters. The topological polar surface area (TPSA) is 35.8 Å². The second-order valence-electron chi connectivity index (χ2n) is 6.79. The molecule has 0 aromatic heterocycles. The molecule has 0 aliphatic heterocycles. The van der Waals surface area contributed by atoms with Crippen LogP contribution >= 0.6 is 0 Å². The molecule has 0 amide bonds. The average Bonchev–Trinajstić information content (AvgIpc) is 2.86. The molecule has 3 atom stereocenters. The summed E-state index contributed by atoms with van der Waals surface area (Å²) in [6.45, 7) is 6.85. The molecule has 0 radical (unpaired) electrons. The third-order valence-electron chi connectivity index (χ3n) is 4.55. The van der Waals surface area contributed by atoms with Gasteiger partial charge in [-0.15, -0.1) is 0 Å². The zero-order valence-electron chi connectivity index (χ0n) is 12.9. The zero-order valence-corrected chi connectivity index (χ0v) is 12.9. The molecule has 1 aliphatic carbocycles. The van der Waals surface area contributed by atoms with Crippen LogP contribution in [0.1, 0.15) is 52.0 Å². The summed E-state index contributed by atoms with van der Waals surface area (Å²) in [6, 6.07) is 14.0. The molecule has 1 aliphatic rings. The Labute approximate surface area is 123 Å². The average molecular weight is 270 g/mol. The number of rotatable bonds is 5. The van der Waals surface area contributed by atoms with E-state index >= 15 is 0 Å². The highest BCUT2D eigenvalue weighted by Crippen LogP contribution is 2.30.